The molecular formula is C27H27N3O2. The molecule has 32 heavy (non-hydrogen) atoms. The van der Waals surface area contributed by atoms with Crippen LogP contribution in [0.15, 0.2) is 60.8 Å². The van der Waals surface area contributed by atoms with E-state index in [1.807, 2.05) is 18.3 Å². The quantitative estimate of drug-likeness (QED) is 0.390. The van der Waals surface area contributed by atoms with E-state index < -0.39 is 5.97 Å². The van der Waals surface area contributed by atoms with Crippen LogP contribution in [-0.4, -0.2) is 26.0 Å². The molecule has 162 valence electrons. The van der Waals surface area contributed by atoms with E-state index in [1.165, 1.54) is 11.1 Å². The maximum Gasteiger partial charge on any atom is 0.303 e. The molecule has 5 nitrogen and oxygen atoms in total. The molecule has 0 amide bonds. The van der Waals surface area contributed by atoms with Gasteiger partial charge in [-0.15, -0.1) is 0 Å². The Morgan fingerprint density at radius 3 is 2.44 bits per heavy atom. The van der Waals surface area contributed by atoms with Crippen molar-refractivity contribution in [3.8, 4) is 22.6 Å². The number of H-pyrrole nitrogens is 1. The van der Waals surface area contributed by atoms with Crippen molar-refractivity contribution in [1.82, 2.24) is 15.0 Å². The van der Waals surface area contributed by atoms with Crippen molar-refractivity contribution in [3.63, 3.8) is 0 Å². The summed E-state index contributed by atoms with van der Waals surface area (Å²) < 4.78 is 0. The van der Waals surface area contributed by atoms with Gasteiger partial charge >= 0.3 is 5.97 Å². The number of hydrogen-bond donors (Lipinski definition) is 2. The highest BCUT2D eigenvalue weighted by Gasteiger charge is 2.24. The van der Waals surface area contributed by atoms with Gasteiger partial charge in [0.1, 0.15) is 5.82 Å². The van der Waals surface area contributed by atoms with Gasteiger partial charge in [0.25, 0.3) is 0 Å². The number of imidazole rings is 1. The lowest BCUT2D eigenvalue weighted by atomic mass is 9.77. The molecular weight excluding hydrogens is 398 g/mol. The first kappa shape index (κ1) is 20.4. The fourth-order valence-electron chi connectivity index (χ4n) is 4.84. The third-order valence-corrected chi connectivity index (χ3v) is 6.66. The number of aromatic amines is 1. The van der Waals surface area contributed by atoms with Gasteiger partial charge in [-0.2, -0.15) is 0 Å². The van der Waals surface area contributed by atoms with Crippen molar-refractivity contribution in [2.45, 2.75) is 44.9 Å². The first-order chi connectivity index (χ1) is 15.5. The maximum absolute atomic E-state index is 10.9. The van der Waals surface area contributed by atoms with Crippen LogP contribution in [0.5, 0.6) is 0 Å². The minimum atomic E-state index is -0.674. The highest BCUT2D eigenvalue weighted by atomic mass is 16.4. The van der Waals surface area contributed by atoms with Gasteiger partial charge in [-0.1, -0.05) is 30.3 Å². The molecule has 0 spiro atoms. The normalized spacial score (nSPS) is 18.7. The molecule has 2 aromatic carbocycles. The summed E-state index contributed by atoms with van der Waals surface area (Å²) in [5.41, 5.74) is 7.56. The van der Waals surface area contributed by atoms with E-state index in [2.05, 4.69) is 64.3 Å². The van der Waals surface area contributed by atoms with Gasteiger partial charge in [-0.3, -0.25) is 9.78 Å². The van der Waals surface area contributed by atoms with Crippen LogP contribution in [0.3, 0.4) is 0 Å². The molecule has 1 fully saturated rings. The monoisotopic (exact) mass is 425 g/mol. The van der Waals surface area contributed by atoms with Gasteiger partial charge in [0.2, 0.25) is 0 Å². The Balaban J connectivity index is 1.27. The fraction of sp³-hybridized carbons (Fsp3) is 0.296. The number of aliphatic carboxylic acids is 1. The molecule has 4 aromatic rings. The molecule has 5 rings (SSSR count). The third kappa shape index (κ3) is 4.28. The summed E-state index contributed by atoms with van der Waals surface area (Å²) in [5, 5.41) is 9.00. The van der Waals surface area contributed by atoms with E-state index in [4.69, 9.17) is 5.11 Å². The Kier molecular flexibility index (Phi) is 5.48. The number of nitrogens with zero attached hydrogens (tertiary/aromatic N) is 2. The zero-order chi connectivity index (χ0) is 22.1. The zero-order valence-electron chi connectivity index (χ0n) is 18.2. The van der Waals surface area contributed by atoms with Gasteiger partial charge in [-0.05, 0) is 79.8 Å². The highest BCUT2D eigenvalue weighted by molar-refractivity contribution is 5.80. The minimum Gasteiger partial charge on any atom is -0.481 e. The topological polar surface area (TPSA) is 78.9 Å². The number of pyridine rings is 1. The molecule has 0 unspecified atom stereocenters. The number of carboxylic acids is 1. The van der Waals surface area contributed by atoms with Gasteiger partial charge in [0, 0.05) is 23.7 Å². The number of rotatable bonds is 5. The second kappa shape index (κ2) is 8.58. The summed E-state index contributed by atoms with van der Waals surface area (Å²) in [6, 6.07) is 19.0. The number of aromatic nitrogens is 3. The molecule has 0 saturated heterocycles. The first-order valence-electron chi connectivity index (χ1n) is 11.3. The molecule has 2 aromatic heterocycles. The van der Waals surface area contributed by atoms with Crippen molar-refractivity contribution in [1.29, 1.82) is 0 Å². The third-order valence-electron chi connectivity index (χ3n) is 6.66. The van der Waals surface area contributed by atoms with Crippen LogP contribution >= 0.6 is 0 Å². The second-order valence-corrected chi connectivity index (χ2v) is 8.98. The second-order valence-electron chi connectivity index (χ2n) is 8.98. The number of benzene rings is 2. The summed E-state index contributed by atoms with van der Waals surface area (Å²) in [5.74, 6) is 1.02. The predicted octanol–water partition coefficient (Wildman–Crippen LogP) is 6.35. The Bertz CT molecular complexity index is 1230. The van der Waals surface area contributed by atoms with Crippen LogP contribution in [0, 0.1) is 12.8 Å². The number of carbonyl (C=O) groups is 1. The Morgan fingerprint density at radius 2 is 1.75 bits per heavy atom. The van der Waals surface area contributed by atoms with E-state index in [1.54, 1.807) is 0 Å². The summed E-state index contributed by atoms with van der Waals surface area (Å²) >= 11 is 0. The van der Waals surface area contributed by atoms with E-state index in [0.29, 0.717) is 18.3 Å². The standard InChI is InChI=1S/C27H27N3O2/c1-17-2-12-24-25(14-17)30-27(29-24)22-11-13-23(28-16-22)21-9-7-20(8-10-21)19-5-3-18(4-6-19)15-26(31)32/h2,7-14,16,18-19H,3-6,15H2,1H3,(H,29,30)(H,31,32). The zero-order valence-corrected chi connectivity index (χ0v) is 18.2. The van der Waals surface area contributed by atoms with Crippen LogP contribution in [0.2, 0.25) is 0 Å². The van der Waals surface area contributed by atoms with Gasteiger partial charge in [0.15, 0.2) is 0 Å². The summed E-state index contributed by atoms with van der Waals surface area (Å²) in [6.07, 6.45) is 6.33. The largest absolute Gasteiger partial charge is 0.481 e. The van der Waals surface area contributed by atoms with Crippen LogP contribution < -0.4 is 0 Å². The van der Waals surface area contributed by atoms with Crippen molar-refractivity contribution in [2.24, 2.45) is 5.92 Å². The van der Waals surface area contributed by atoms with E-state index >= 15 is 0 Å². The van der Waals surface area contributed by atoms with Crippen LogP contribution in [-0.2, 0) is 4.79 Å². The molecule has 0 radical (unpaired) electrons. The lowest BCUT2D eigenvalue weighted by Gasteiger charge is -2.28. The van der Waals surface area contributed by atoms with Crippen molar-refractivity contribution in [2.75, 3.05) is 0 Å². The SMILES string of the molecule is Cc1ccc2nc(-c3ccc(-c4ccc(C5CCC(CC(=O)O)CC5)cc4)nc3)[nH]c2c1. The molecule has 1 aliphatic rings. The number of nitrogens with one attached hydrogen (secondary N) is 1. The minimum absolute atomic E-state index is 0.307. The molecule has 2 heterocycles. The first-order valence-corrected chi connectivity index (χ1v) is 11.3. The Labute approximate surface area is 187 Å². The van der Waals surface area contributed by atoms with Crippen LogP contribution in [0.25, 0.3) is 33.7 Å². The van der Waals surface area contributed by atoms with Crippen molar-refractivity contribution < 1.29 is 9.90 Å². The molecule has 2 N–H and O–H groups in total. The molecule has 0 aliphatic heterocycles. The number of hydrogen-bond acceptors (Lipinski definition) is 3. The molecule has 0 atom stereocenters. The average Bonchev–Trinajstić information content (AvgIpc) is 3.23. The number of aryl methyl sites for hydroxylation is 1. The van der Waals surface area contributed by atoms with Crippen molar-refractivity contribution >= 4 is 17.0 Å². The maximum atomic E-state index is 10.9. The van der Waals surface area contributed by atoms with Gasteiger partial charge in [-0.25, -0.2) is 4.98 Å². The molecule has 1 aliphatic carbocycles. The fourth-order valence-corrected chi connectivity index (χ4v) is 4.84. The predicted molar refractivity (Wildman–Crippen MR) is 126 cm³/mol. The number of fused-ring (bicyclic) bond motifs is 1. The van der Waals surface area contributed by atoms with Gasteiger partial charge < -0.3 is 10.1 Å². The molecule has 0 bridgehead atoms. The van der Waals surface area contributed by atoms with Crippen LogP contribution in [0.1, 0.15) is 49.1 Å². The molecule has 5 heteroatoms. The highest BCUT2D eigenvalue weighted by Crippen LogP contribution is 2.37. The summed E-state index contributed by atoms with van der Waals surface area (Å²) in [4.78, 5) is 23.7. The van der Waals surface area contributed by atoms with E-state index in [-0.39, 0.29) is 0 Å². The molecule has 1 saturated carbocycles. The van der Waals surface area contributed by atoms with Crippen molar-refractivity contribution in [3.05, 3.63) is 71.9 Å². The lowest BCUT2D eigenvalue weighted by molar-refractivity contribution is -0.138. The summed E-state index contributed by atoms with van der Waals surface area (Å²) in [6.45, 7) is 2.08. The lowest BCUT2D eigenvalue weighted by Crippen LogP contribution is -2.16. The Morgan fingerprint density at radius 1 is 1.00 bits per heavy atom. The summed E-state index contributed by atoms with van der Waals surface area (Å²) in [7, 11) is 0. The average molecular weight is 426 g/mol. The Hall–Kier alpha value is -3.47. The van der Waals surface area contributed by atoms with Gasteiger partial charge in [0.05, 0.1) is 16.7 Å². The smallest absolute Gasteiger partial charge is 0.303 e. The van der Waals surface area contributed by atoms with E-state index in [9.17, 15) is 4.79 Å². The number of carboxylic acid groups (broad SMARTS) is 1. The van der Waals surface area contributed by atoms with Crippen LogP contribution in [0.4, 0.5) is 0 Å². The van der Waals surface area contributed by atoms with E-state index in [0.717, 1.165) is 59.4 Å².